The fraction of sp³-hybridized carbons (Fsp3) is 0.286. The van der Waals surface area contributed by atoms with Crippen molar-refractivity contribution in [3.05, 3.63) is 90.0 Å². The van der Waals surface area contributed by atoms with Gasteiger partial charge in [-0.2, -0.15) is 4.39 Å². The number of halogens is 1. The zero-order valence-electron chi connectivity index (χ0n) is 21.1. The van der Waals surface area contributed by atoms with Crippen LogP contribution in [0.2, 0.25) is 0 Å². The molecule has 1 unspecified atom stereocenters. The average molecular weight is 528 g/mol. The number of hydrogen-bond acceptors (Lipinski definition) is 6. The zero-order valence-corrected chi connectivity index (χ0v) is 21.9. The topological polar surface area (TPSA) is 99.7 Å². The summed E-state index contributed by atoms with van der Waals surface area (Å²) in [5, 5.41) is 14.1. The number of benzene rings is 3. The molecule has 0 fully saturated rings. The fourth-order valence-electron chi connectivity index (χ4n) is 3.17. The van der Waals surface area contributed by atoms with E-state index in [2.05, 4.69) is 44.4 Å². The molecule has 0 aliphatic heterocycles. The summed E-state index contributed by atoms with van der Waals surface area (Å²) in [4.78, 5) is 23.0. The van der Waals surface area contributed by atoms with Gasteiger partial charge in [0.2, 0.25) is 5.91 Å². The number of carbonyl (C=O) groups is 2. The van der Waals surface area contributed by atoms with Crippen molar-refractivity contribution in [2.24, 2.45) is 0 Å². The highest BCUT2D eigenvalue weighted by Gasteiger charge is 2.18. The molecule has 0 spiro atoms. The van der Waals surface area contributed by atoms with Crippen LogP contribution in [0.25, 0.3) is 0 Å². The zero-order chi connectivity index (χ0) is 26.9. The fourth-order valence-corrected chi connectivity index (χ4v) is 3.83. The summed E-state index contributed by atoms with van der Waals surface area (Å²) >= 11 is 1.48. The van der Waals surface area contributed by atoms with Crippen LogP contribution in [0.3, 0.4) is 0 Å². The predicted octanol–water partition coefficient (Wildman–Crippen LogP) is 5.22. The van der Waals surface area contributed by atoms with Crippen molar-refractivity contribution >= 4 is 29.5 Å². The normalized spacial score (nSPS) is 11.0. The van der Waals surface area contributed by atoms with E-state index in [0.717, 1.165) is 36.3 Å². The second kappa shape index (κ2) is 17.0. The number of hydrogen-bond donors (Lipinski definition) is 4. The van der Waals surface area contributed by atoms with E-state index in [1.54, 1.807) is 19.2 Å². The summed E-state index contributed by atoms with van der Waals surface area (Å²) in [6.45, 7) is 2.94. The third-order valence-corrected chi connectivity index (χ3v) is 5.85. The SMILES string of the molecule is CNc1cc(C)ccc1OC(F)C(=O)O.O=C(CNSc1ccccc1)NCCCCc1ccccc1. The maximum Gasteiger partial charge on any atom is 0.378 e. The van der Waals surface area contributed by atoms with Gasteiger partial charge in [0.25, 0.3) is 0 Å². The summed E-state index contributed by atoms with van der Waals surface area (Å²) in [5.74, 6) is -1.42. The molecule has 0 aromatic heterocycles. The first-order valence-electron chi connectivity index (χ1n) is 12.0. The Hall–Kier alpha value is -3.56. The second-order valence-corrected chi connectivity index (χ2v) is 9.01. The Balaban J connectivity index is 0.000000281. The smallest absolute Gasteiger partial charge is 0.378 e. The standard InChI is InChI=1S/C18H22N2OS.C10H12FNO3/c21-18(15-20-22-17-12-5-2-6-13-17)19-14-8-7-11-16-9-3-1-4-10-16;1-6-3-4-8(7(5-6)12-2)15-9(11)10(13)14/h1-6,9-10,12-13,20H,7-8,11,14-15H2,(H,19,21);3-5,9,12H,1-2H3,(H,13,14). The maximum absolute atomic E-state index is 12.8. The molecule has 37 heavy (non-hydrogen) atoms. The van der Waals surface area contributed by atoms with Gasteiger partial charge in [-0.3, -0.25) is 9.52 Å². The summed E-state index contributed by atoms with van der Waals surface area (Å²) in [7, 11) is 1.65. The lowest BCUT2D eigenvalue weighted by Gasteiger charge is -2.12. The Kier molecular flexibility index (Phi) is 13.6. The van der Waals surface area contributed by atoms with Gasteiger partial charge in [0.05, 0.1) is 12.2 Å². The average Bonchev–Trinajstić information content (AvgIpc) is 2.91. The summed E-state index contributed by atoms with van der Waals surface area (Å²) < 4.78 is 20.5. The molecule has 3 rings (SSSR count). The van der Waals surface area contributed by atoms with Gasteiger partial charge in [-0.05, 0) is 73.5 Å². The maximum atomic E-state index is 12.8. The molecule has 4 N–H and O–H groups in total. The van der Waals surface area contributed by atoms with Crippen LogP contribution >= 0.6 is 11.9 Å². The molecule has 0 saturated heterocycles. The van der Waals surface area contributed by atoms with Crippen molar-refractivity contribution in [1.29, 1.82) is 0 Å². The van der Waals surface area contributed by atoms with Crippen LogP contribution in [0.1, 0.15) is 24.0 Å². The van der Waals surface area contributed by atoms with Gasteiger partial charge >= 0.3 is 12.3 Å². The number of amides is 1. The van der Waals surface area contributed by atoms with Crippen molar-refractivity contribution < 1.29 is 23.8 Å². The molecule has 0 saturated carbocycles. The van der Waals surface area contributed by atoms with Gasteiger partial charge in [-0.25, -0.2) is 4.79 Å². The lowest BCUT2D eigenvalue weighted by atomic mass is 10.1. The van der Waals surface area contributed by atoms with Gasteiger partial charge in [0, 0.05) is 18.5 Å². The van der Waals surface area contributed by atoms with Crippen LogP contribution in [-0.2, 0) is 16.0 Å². The van der Waals surface area contributed by atoms with E-state index in [1.807, 2.05) is 43.3 Å². The lowest BCUT2D eigenvalue weighted by molar-refractivity contribution is -0.153. The van der Waals surface area contributed by atoms with Crippen molar-refractivity contribution in [3.63, 3.8) is 0 Å². The number of alkyl halides is 1. The largest absolute Gasteiger partial charge is 0.476 e. The molecular formula is C28H34FN3O4S. The van der Waals surface area contributed by atoms with Gasteiger partial charge in [0.1, 0.15) is 5.75 Å². The van der Waals surface area contributed by atoms with Crippen LogP contribution in [0.5, 0.6) is 5.75 Å². The van der Waals surface area contributed by atoms with E-state index in [1.165, 1.54) is 23.6 Å². The number of anilines is 1. The number of nitrogens with one attached hydrogen (secondary N) is 3. The van der Waals surface area contributed by atoms with Crippen LogP contribution in [0.4, 0.5) is 10.1 Å². The number of carbonyl (C=O) groups excluding carboxylic acids is 1. The third kappa shape index (κ3) is 12.3. The third-order valence-electron chi connectivity index (χ3n) is 5.05. The molecule has 7 nitrogen and oxygen atoms in total. The summed E-state index contributed by atoms with van der Waals surface area (Å²) in [6.07, 6.45) is 0.821. The first-order valence-corrected chi connectivity index (χ1v) is 12.8. The minimum Gasteiger partial charge on any atom is -0.476 e. The van der Waals surface area contributed by atoms with E-state index in [9.17, 15) is 14.0 Å². The van der Waals surface area contributed by atoms with Crippen molar-refractivity contribution in [2.75, 3.05) is 25.5 Å². The Morgan fingerprint density at radius 1 is 1.00 bits per heavy atom. The molecular weight excluding hydrogens is 493 g/mol. The highest BCUT2D eigenvalue weighted by molar-refractivity contribution is 7.97. The van der Waals surface area contributed by atoms with Crippen LogP contribution in [0, 0.1) is 6.92 Å². The number of unbranched alkanes of at least 4 members (excludes halogenated alkanes) is 1. The van der Waals surface area contributed by atoms with E-state index in [0.29, 0.717) is 12.2 Å². The lowest BCUT2D eigenvalue weighted by Crippen LogP contribution is -2.31. The van der Waals surface area contributed by atoms with Gasteiger partial charge < -0.3 is 20.5 Å². The molecule has 3 aromatic carbocycles. The Morgan fingerprint density at radius 3 is 2.32 bits per heavy atom. The first-order chi connectivity index (χ1) is 17.9. The van der Waals surface area contributed by atoms with E-state index < -0.39 is 12.3 Å². The molecule has 0 heterocycles. The first kappa shape index (κ1) is 29.7. The van der Waals surface area contributed by atoms with Gasteiger partial charge in [-0.1, -0.05) is 54.6 Å². The Morgan fingerprint density at radius 2 is 1.68 bits per heavy atom. The van der Waals surface area contributed by atoms with Crippen LogP contribution < -0.4 is 20.1 Å². The van der Waals surface area contributed by atoms with E-state index in [-0.39, 0.29) is 11.7 Å². The quantitative estimate of drug-likeness (QED) is 0.179. The molecule has 0 bridgehead atoms. The van der Waals surface area contributed by atoms with Crippen LogP contribution in [0.15, 0.2) is 83.8 Å². The second-order valence-electron chi connectivity index (χ2n) is 8.05. The molecule has 3 aromatic rings. The molecule has 1 atom stereocenters. The number of rotatable bonds is 13. The molecule has 0 aliphatic carbocycles. The predicted molar refractivity (Wildman–Crippen MR) is 147 cm³/mol. The summed E-state index contributed by atoms with van der Waals surface area (Å²) in [5.41, 5.74) is 2.88. The van der Waals surface area contributed by atoms with Crippen molar-refractivity contribution in [2.45, 2.75) is 37.4 Å². The minimum atomic E-state index is -2.35. The molecule has 0 aliphatic rings. The van der Waals surface area contributed by atoms with Gasteiger partial charge in [-0.15, -0.1) is 0 Å². The summed E-state index contributed by atoms with van der Waals surface area (Å²) in [6, 6.07) is 25.4. The van der Waals surface area contributed by atoms with E-state index in [4.69, 9.17) is 5.11 Å². The minimum absolute atomic E-state index is 0.0446. The number of ether oxygens (including phenoxy) is 1. The number of aryl methyl sites for hydroxylation is 2. The molecule has 9 heteroatoms. The van der Waals surface area contributed by atoms with Crippen molar-refractivity contribution in [3.8, 4) is 5.75 Å². The number of aliphatic carboxylic acids is 1. The molecule has 0 radical (unpaired) electrons. The number of carboxylic acid groups (broad SMARTS) is 1. The van der Waals surface area contributed by atoms with Gasteiger partial charge in [0.15, 0.2) is 0 Å². The van der Waals surface area contributed by atoms with Crippen LogP contribution in [-0.4, -0.2) is 43.5 Å². The highest BCUT2D eigenvalue weighted by Crippen LogP contribution is 2.26. The monoisotopic (exact) mass is 527 g/mol. The number of carboxylic acids is 1. The Labute approximate surface area is 222 Å². The molecule has 198 valence electrons. The molecule has 1 amide bonds. The Bertz CT molecular complexity index is 1090. The van der Waals surface area contributed by atoms with Crippen molar-refractivity contribution in [1.82, 2.24) is 10.0 Å². The highest BCUT2D eigenvalue weighted by atomic mass is 32.2. The van der Waals surface area contributed by atoms with E-state index >= 15 is 0 Å².